The van der Waals surface area contributed by atoms with Gasteiger partial charge in [-0.05, 0) is 18.1 Å². The molecule has 29 heavy (non-hydrogen) atoms. The summed E-state index contributed by atoms with van der Waals surface area (Å²) in [5.74, 6) is 0.499. The van der Waals surface area contributed by atoms with Gasteiger partial charge in [0.25, 0.3) is 0 Å². The molecule has 2 aromatic rings. The van der Waals surface area contributed by atoms with E-state index in [4.69, 9.17) is 9.16 Å². The van der Waals surface area contributed by atoms with E-state index in [1.807, 2.05) is 23.6 Å². The zero-order chi connectivity index (χ0) is 21.4. The molecule has 0 radical (unpaired) electrons. The first-order valence-corrected chi connectivity index (χ1v) is 12.8. The molecule has 3 atom stereocenters. The van der Waals surface area contributed by atoms with Gasteiger partial charge >= 0.3 is 0 Å². The summed E-state index contributed by atoms with van der Waals surface area (Å²) in [5, 5.41) is 10.7. The molecule has 0 unspecified atom stereocenters. The number of hydrogen-bond acceptors (Lipinski definition) is 7. The molecular weight excluding hydrogens is 388 g/mol. The summed E-state index contributed by atoms with van der Waals surface area (Å²) < 4.78 is 14.2. The monoisotopic (exact) mass is 420 g/mol. The van der Waals surface area contributed by atoms with Gasteiger partial charge in [-0.3, -0.25) is 4.57 Å². The Balaban J connectivity index is 1.76. The lowest BCUT2D eigenvalue weighted by Crippen LogP contribution is -2.43. The molecule has 3 rings (SSSR count). The van der Waals surface area contributed by atoms with Crippen molar-refractivity contribution in [3.05, 3.63) is 12.7 Å². The number of aliphatic imine (C=N–C) groups is 1. The van der Waals surface area contributed by atoms with E-state index >= 15 is 0 Å². The highest BCUT2D eigenvalue weighted by Crippen LogP contribution is 2.38. The predicted molar refractivity (Wildman–Crippen MR) is 115 cm³/mol. The van der Waals surface area contributed by atoms with Crippen LogP contribution >= 0.6 is 0 Å². The van der Waals surface area contributed by atoms with Gasteiger partial charge in [-0.1, -0.05) is 20.8 Å². The maximum atomic E-state index is 10.5. The average molecular weight is 421 g/mol. The van der Waals surface area contributed by atoms with Crippen molar-refractivity contribution in [1.82, 2.24) is 24.4 Å². The largest absolute Gasteiger partial charge is 0.414 e. The minimum Gasteiger partial charge on any atom is -0.414 e. The van der Waals surface area contributed by atoms with Gasteiger partial charge in [-0.15, -0.1) is 0 Å². The van der Waals surface area contributed by atoms with Gasteiger partial charge in [0.2, 0.25) is 0 Å². The number of aromatic nitrogens is 4. The summed E-state index contributed by atoms with van der Waals surface area (Å²) in [4.78, 5) is 19.2. The molecule has 1 aliphatic heterocycles. The van der Waals surface area contributed by atoms with Crippen LogP contribution in [0, 0.1) is 0 Å². The van der Waals surface area contributed by atoms with E-state index in [9.17, 15) is 5.11 Å². The fourth-order valence-corrected chi connectivity index (χ4v) is 3.87. The Kier molecular flexibility index (Phi) is 6.09. The normalized spacial score (nSPS) is 23.4. The van der Waals surface area contributed by atoms with Crippen LogP contribution in [0.4, 0.5) is 5.82 Å². The van der Waals surface area contributed by atoms with Crippen LogP contribution < -0.4 is 0 Å². The SMILES string of the molecule is CN(C)C=Nc1ncnc2c1ncn2[C@H]1C[C@@H](O)[C@@H](CO[Si](C)(C)C(C)(C)C)O1. The predicted octanol–water partition coefficient (Wildman–Crippen LogP) is 2.72. The number of aliphatic hydroxyl groups excluding tert-OH is 1. The zero-order valence-electron chi connectivity index (χ0n) is 18.3. The molecule has 9 nitrogen and oxygen atoms in total. The lowest BCUT2D eigenvalue weighted by atomic mass is 10.2. The van der Waals surface area contributed by atoms with Crippen LogP contribution in [0.15, 0.2) is 17.6 Å². The Hall–Kier alpha value is -1.88. The smallest absolute Gasteiger partial charge is 0.192 e. The molecule has 0 aromatic carbocycles. The highest BCUT2D eigenvalue weighted by molar-refractivity contribution is 6.74. The van der Waals surface area contributed by atoms with Gasteiger partial charge in [0.15, 0.2) is 25.3 Å². The van der Waals surface area contributed by atoms with E-state index in [0.29, 0.717) is 30.0 Å². The standard InChI is InChI=1S/C19H32N6O3Si/c1-19(2,3)29(6,7)27-9-14-13(26)8-15(28-14)25-12-22-16-17(23-11-24(4)5)20-10-21-18(16)25/h10-15,26H,8-9H2,1-7H3/t13-,14-,15-/m1/s1. The molecule has 2 aromatic heterocycles. The highest BCUT2D eigenvalue weighted by Gasteiger charge is 2.41. The van der Waals surface area contributed by atoms with Crippen LogP contribution in [0.5, 0.6) is 0 Å². The second-order valence-electron chi connectivity index (χ2n) is 9.23. The Morgan fingerprint density at radius 1 is 1.34 bits per heavy atom. The fraction of sp³-hybridized carbons (Fsp3) is 0.684. The molecule has 0 saturated carbocycles. The van der Waals surface area contributed by atoms with Gasteiger partial charge in [-0.25, -0.2) is 19.9 Å². The van der Waals surface area contributed by atoms with Crippen molar-refractivity contribution >= 4 is 31.6 Å². The molecular formula is C19H32N6O3Si. The van der Waals surface area contributed by atoms with Gasteiger partial charge in [-0.2, -0.15) is 0 Å². The van der Waals surface area contributed by atoms with E-state index in [1.165, 1.54) is 6.33 Å². The summed E-state index contributed by atoms with van der Waals surface area (Å²) in [5.41, 5.74) is 1.23. The summed E-state index contributed by atoms with van der Waals surface area (Å²) in [6.45, 7) is 11.4. The Bertz CT molecular complexity index is 876. The number of fused-ring (bicyclic) bond motifs is 1. The summed E-state index contributed by atoms with van der Waals surface area (Å²) in [7, 11) is 1.87. The second kappa shape index (κ2) is 8.09. The van der Waals surface area contributed by atoms with Crippen LogP contribution in [0.2, 0.25) is 18.1 Å². The third-order valence-electron chi connectivity index (χ3n) is 5.68. The first kappa shape index (κ1) is 21.8. The van der Waals surface area contributed by atoms with E-state index in [1.54, 1.807) is 12.7 Å². The van der Waals surface area contributed by atoms with Crippen molar-refractivity contribution in [1.29, 1.82) is 0 Å². The van der Waals surface area contributed by atoms with Crippen LogP contribution in [-0.2, 0) is 9.16 Å². The Morgan fingerprint density at radius 2 is 2.07 bits per heavy atom. The third kappa shape index (κ3) is 4.66. The molecule has 3 heterocycles. The summed E-state index contributed by atoms with van der Waals surface area (Å²) in [6, 6.07) is 0. The molecule has 1 aliphatic rings. The third-order valence-corrected chi connectivity index (χ3v) is 10.2. The molecule has 1 saturated heterocycles. The van der Waals surface area contributed by atoms with Crippen LogP contribution in [0.25, 0.3) is 11.2 Å². The number of ether oxygens (including phenoxy) is 1. The van der Waals surface area contributed by atoms with Crippen molar-refractivity contribution < 1.29 is 14.3 Å². The van der Waals surface area contributed by atoms with Crippen molar-refractivity contribution in [2.24, 2.45) is 4.99 Å². The summed E-state index contributed by atoms with van der Waals surface area (Å²) in [6.07, 6.45) is 3.93. The van der Waals surface area contributed by atoms with Crippen molar-refractivity contribution in [3.8, 4) is 0 Å². The van der Waals surface area contributed by atoms with Crippen LogP contribution in [0.1, 0.15) is 33.4 Å². The fourth-order valence-electron chi connectivity index (χ4n) is 2.86. The summed E-state index contributed by atoms with van der Waals surface area (Å²) >= 11 is 0. The van der Waals surface area contributed by atoms with Gasteiger partial charge < -0.3 is 19.2 Å². The first-order chi connectivity index (χ1) is 13.5. The van der Waals surface area contributed by atoms with Gasteiger partial charge in [0.1, 0.15) is 18.7 Å². The molecule has 160 valence electrons. The quantitative estimate of drug-likeness (QED) is 0.436. The lowest BCUT2D eigenvalue weighted by molar-refractivity contribution is -0.0405. The maximum absolute atomic E-state index is 10.5. The average Bonchev–Trinajstić information content (AvgIpc) is 3.20. The minimum absolute atomic E-state index is 0.108. The van der Waals surface area contributed by atoms with E-state index in [-0.39, 0.29) is 17.4 Å². The number of nitrogens with zero attached hydrogens (tertiary/aromatic N) is 6. The van der Waals surface area contributed by atoms with Crippen LogP contribution in [-0.4, -0.2) is 77.1 Å². The molecule has 0 spiro atoms. The first-order valence-electron chi connectivity index (χ1n) is 9.85. The van der Waals surface area contributed by atoms with Crippen LogP contribution in [0.3, 0.4) is 0 Å². The maximum Gasteiger partial charge on any atom is 0.192 e. The molecule has 0 aliphatic carbocycles. The highest BCUT2D eigenvalue weighted by atomic mass is 28.4. The van der Waals surface area contributed by atoms with Crippen molar-refractivity contribution in [3.63, 3.8) is 0 Å². The lowest BCUT2D eigenvalue weighted by Gasteiger charge is -2.37. The Morgan fingerprint density at radius 3 is 2.72 bits per heavy atom. The number of aliphatic hydroxyl groups is 1. The van der Waals surface area contributed by atoms with Gasteiger partial charge in [0.05, 0.1) is 25.4 Å². The molecule has 1 N–H and O–H groups in total. The van der Waals surface area contributed by atoms with E-state index in [2.05, 4.69) is 53.8 Å². The Labute approximate surface area is 172 Å². The molecule has 0 bridgehead atoms. The molecule has 0 amide bonds. The van der Waals surface area contributed by atoms with Crippen molar-refractivity contribution in [2.45, 2.75) is 63.8 Å². The zero-order valence-corrected chi connectivity index (χ0v) is 19.3. The second-order valence-corrected chi connectivity index (χ2v) is 14.0. The number of rotatable bonds is 6. The van der Waals surface area contributed by atoms with E-state index in [0.717, 1.165) is 0 Å². The van der Waals surface area contributed by atoms with E-state index < -0.39 is 14.4 Å². The molecule has 10 heteroatoms. The number of hydrogen-bond donors (Lipinski definition) is 1. The van der Waals surface area contributed by atoms with Gasteiger partial charge in [0, 0.05) is 20.5 Å². The molecule has 1 fully saturated rings. The number of imidazole rings is 1. The minimum atomic E-state index is -1.91. The topological polar surface area (TPSA) is 97.9 Å². The van der Waals surface area contributed by atoms with Crippen molar-refractivity contribution in [2.75, 3.05) is 20.7 Å².